The monoisotopic (exact) mass is 510 g/mol. The molecule has 0 aliphatic heterocycles. The minimum Gasteiger partial charge on any atom is -0.0991 e. The summed E-state index contributed by atoms with van der Waals surface area (Å²) < 4.78 is 0. The molecule has 0 atom stereocenters. The van der Waals surface area contributed by atoms with E-state index in [0.29, 0.717) is 0 Å². The fourth-order valence-electron chi connectivity index (χ4n) is 2.31. The Bertz CT molecular complexity index is 1140. The average Bonchev–Trinajstić information content (AvgIpc) is 2.95. The van der Waals surface area contributed by atoms with Gasteiger partial charge >= 0.3 is 0 Å². The molecule has 39 heavy (non-hydrogen) atoms. The molecule has 0 rings (SSSR count). The van der Waals surface area contributed by atoms with Gasteiger partial charge in [-0.25, -0.2) is 0 Å². The van der Waals surface area contributed by atoms with E-state index in [0.717, 1.165) is 0 Å². The van der Waals surface area contributed by atoms with Crippen molar-refractivity contribution in [2.75, 3.05) is 0 Å². The standard InChI is InChI=1S/C39H42/c1-3-5-7-9-11-13-15-17-19-21-23-25-27-29-31-33-35-37-39-38-36-34-32-30-28-26-24-22-20-18-16-14-12-10-8-6-4-2/h3-39H,1H2,2H3. The van der Waals surface area contributed by atoms with Gasteiger partial charge in [-0.1, -0.05) is 231 Å². The predicted molar refractivity (Wildman–Crippen MR) is 180 cm³/mol. The molecule has 0 N–H and O–H groups in total. The van der Waals surface area contributed by atoms with Crippen LogP contribution in [0.2, 0.25) is 0 Å². The van der Waals surface area contributed by atoms with E-state index >= 15 is 0 Å². The molecule has 0 saturated heterocycles. The third kappa shape index (κ3) is 33.1. The summed E-state index contributed by atoms with van der Waals surface area (Å²) >= 11 is 0. The molecular weight excluding hydrogens is 468 g/mol. The van der Waals surface area contributed by atoms with Crippen molar-refractivity contribution in [1.82, 2.24) is 0 Å². The van der Waals surface area contributed by atoms with Crippen LogP contribution in [0.15, 0.2) is 231 Å². The molecule has 0 heteroatoms. The topological polar surface area (TPSA) is 0 Å². The smallest absolute Gasteiger partial charge is 0.0467 e. The first kappa shape index (κ1) is 34.1. The van der Waals surface area contributed by atoms with Crippen molar-refractivity contribution in [3.63, 3.8) is 0 Å². The summed E-state index contributed by atoms with van der Waals surface area (Å²) in [6.45, 7) is 5.62. The van der Waals surface area contributed by atoms with Crippen molar-refractivity contribution >= 4 is 0 Å². The van der Waals surface area contributed by atoms with Crippen LogP contribution in [0.3, 0.4) is 0 Å². The lowest BCUT2D eigenvalue weighted by Gasteiger charge is -1.76. The fourth-order valence-corrected chi connectivity index (χ4v) is 2.31. The quantitative estimate of drug-likeness (QED) is 0.161. The van der Waals surface area contributed by atoms with Crippen molar-refractivity contribution in [2.24, 2.45) is 0 Å². The molecule has 0 bridgehead atoms. The number of rotatable bonds is 18. The number of allylic oxidation sites excluding steroid dienone is 37. The van der Waals surface area contributed by atoms with E-state index in [9.17, 15) is 0 Å². The second-order valence-electron chi connectivity index (χ2n) is 7.30. The number of hydrogen-bond donors (Lipinski definition) is 0. The van der Waals surface area contributed by atoms with Crippen molar-refractivity contribution < 1.29 is 0 Å². The second kappa shape index (κ2) is 33.1. The van der Waals surface area contributed by atoms with E-state index in [1.54, 1.807) is 6.08 Å². The summed E-state index contributed by atoms with van der Waals surface area (Å²) in [5.74, 6) is 0. The first-order valence-corrected chi connectivity index (χ1v) is 13.0. The van der Waals surface area contributed by atoms with Gasteiger partial charge in [0.05, 0.1) is 0 Å². The van der Waals surface area contributed by atoms with E-state index in [1.807, 2.05) is 226 Å². The molecule has 0 aromatic heterocycles. The Hall–Kier alpha value is -4.94. The summed E-state index contributed by atoms with van der Waals surface area (Å²) in [5, 5.41) is 0. The van der Waals surface area contributed by atoms with Crippen LogP contribution >= 0.6 is 0 Å². The van der Waals surface area contributed by atoms with Crippen LogP contribution in [0, 0.1) is 0 Å². The molecule has 0 heterocycles. The Morgan fingerprint density at radius 1 is 0.205 bits per heavy atom. The largest absolute Gasteiger partial charge is 0.0991 e. The van der Waals surface area contributed by atoms with E-state index in [1.165, 1.54) is 0 Å². The zero-order valence-corrected chi connectivity index (χ0v) is 23.1. The van der Waals surface area contributed by atoms with Gasteiger partial charge < -0.3 is 0 Å². The van der Waals surface area contributed by atoms with Crippen LogP contribution in [0.25, 0.3) is 0 Å². The molecule has 0 amide bonds. The second-order valence-corrected chi connectivity index (χ2v) is 7.30. The third-order valence-electron chi connectivity index (χ3n) is 4.11. The summed E-state index contributed by atoms with van der Waals surface area (Å²) in [7, 11) is 0. The van der Waals surface area contributed by atoms with Crippen molar-refractivity contribution in [3.05, 3.63) is 231 Å². The maximum Gasteiger partial charge on any atom is -0.0467 e. The maximum absolute atomic E-state index is 3.62. The SMILES string of the molecule is C=CC=CC=CC=CC=CC=CC=CC=CC=CC=CC=CC=CC=CC=CC=CC=CC=CC=CC=CC. The molecule has 0 spiro atoms. The Morgan fingerprint density at radius 3 is 0.462 bits per heavy atom. The van der Waals surface area contributed by atoms with Gasteiger partial charge in [-0.3, -0.25) is 0 Å². The molecule has 0 fully saturated rings. The van der Waals surface area contributed by atoms with E-state index in [-0.39, 0.29) is 0 Å². The Kier molecular flexibility index (Phi) is 28.9. The highest BCUT2D eigenvalue weighted by Crippen LogP contribution is 1.89. The lowest BCUT2D eigenvalue weighted by molar-refractivity contribution is 1.73. The van der Waals surface area contributed by atoms with Gasteiger partial charge in [0.25, 0.3) is 0 Å². The third-order valence-corrected chi connectivity index (χ3v) is 4.11. The van der Waals surface area contributed by atoms with Crippen LogP contribution in [0.4, 0.5) is 0 Å². The van der Waals surface area contributed by atoms with Crippen molar-refractivity contribution in [1.29, 1.82) is 0 Å². The normalized spacial score (nSPS) is 15.1. The highest BCUT2D eigenvalue weighted by molar-refractivity contribution is 5.25. The zero-order chi connectivity index (χ0) is 28.2. The van der Waals surface area contributed by atoms with Crippen LogP contribution in [0.5, 0.6) is 0 Å². The van der Waals surface area contributed by atoms with Gasteiger partial charge in [-0.05, 0) is 6.92 Å². The first-order chi connectivity index (χ1) is 19.4. The summed E-state index contributed by atoms with van der Waals surface area (Å²) in [6, 6.07) is 0. The molecule has 0 saturated carbocycles. The van der Waals surface area contributed by atoms with Gasteiger partial charge in [-0.15, -0.1) is 0 Å². The lowest BCUT2D eigenvalue weighted by atomic mass is 10.3. The minimum atomic E-state index is 1.75. The molecule has 0 aromatic rings. The molecular formula is C39H42. The average molecular weight is 511 g/mol. The van der Waals surface area contributed by atoms with E-state index in [4.69, 9.17) is 0 Å². The summed E-state index contributed by atoms with van der Waals surface area (Å²) in [4.78, 5) is 0. The van der Waals surface area contributed by atoms with Crippen molar-refractivity contribution in [3.8, 4) is 0 Å². The Morgan fingerprint density at radius 2 is 0.333 bits per heavy atom. The lowest BCUT2D eigenvalue weighted by Crippen LogP contribution is -1.55. The van der Waals surface area contributed by atoms with Crippen LogP contribution in [-0.4, -0.2) is 0 Å². The van der Waals surface area contributed by atoms with Gasteiger partial charge in [0.2, 0.25) is 0 Å². The Labute approximate surface area is 238 Å². The molecule has 0 radical (unpaired) electrons. The highest BCUT2D eigenvalue weighted by atomic mass is 13.7. The predicted octanol–water partition coefficient (Wildman–Crippen LogP) is 11.2. The highest BCUT2D eigenvalue weighted by Gasteiger charge is 1.67. The summed E-state index contributed by atoms with van der Waals surface area (Å²) in [6.07, 6.45) is 73.4. The van der Waals surface area contributed by atoms with Gasteiger partial charge in [-0.2, -0.15) is 0 Å². The van der Waals surface area contributed by atoms with Gasteiger partial charge in [0.1, 0.15) is 0 Å². The molecule has 0 aromatic carbocycles. The van der Waals surface area contributed by atoms with Crippen LogP contribution in [-0.2, 0) is 0 Å². The van der Waals surface area contributed by atoms with Gasteiger partial charge in [0.15, 0.2) is 0 Å². The first-order valence-electron chi connectivity index (χ1n) is 13.0. The van der Waals surface area contributed by atoms with Crippen molar-refractivity contribution in [2.45, 2.75) is 6.92 Å². The molecule has 0 aliphatic carbocycles. The Balaban J connectivity index is 4.01. The fraction of sp³-hybridized carbons (Fsp3) is 0.0256. The molecule has 0 unspecified atom stereocenters. The van der Waals surface area contributed by atoms with Gasteiger partial charge in [0, 0.05) is 0 Å². The summed E-state index contributed by atoms with van der Waals surface area (Å²) in [5.41, 5.74) is 0. The van der Waals surface area contributed by atoms with E-state index < -0.39 is 0 Å². The van der Waals surface area contributed by atoms with Crippen LogP contribution < -0.4 is 0 Å². The number of hydrogen-bond acceptors (Lipinski definition) is 0. The van der Waals surface area contributed by atoms with E-state index in [2.05, 4.69) is 6.58 Å². The molecule has 198 valence electrons. The minimum absolute atomic E-state index is 1.75. The van der Waals surface area contributed by atoms with Crippen LogP contribution in [0.1, 0.15) is 6.92 Å². The maximum atomic E-state index is 3.62. The zero-order valence-electron chi connectivity index (χ0n) is 23.1. The molecule has 0 nitrogen and oxygen atoms in total. The molecule has 0 aliphatic rings.